The van der Waals surface area contributed by atoms with Gasteiger partial charge < -0.3 is 15.4 Å². The molecule has 4 rings (SSSR count). The summed E-state index contributed by atoms with van der Waals surface area (Å²) in [6.07, 6.45) is 1.50. The predicted octanol–water partition coefficient (Wildman–Crippen LogP) is 2.39. The Morgan fingerprint density at radius 2 is 2.00 bits per heavy atom. The fourth-order valence-electron chi connectivity index (χ4n) is 4.94. The Bertz CT molecular complexity index is 1180. The molecular weight excluding hydrogens is 454 g/mol. The summed E-state index contributed by atoms with van der Waals surface area (Å²) >= 11 is 0. The summed E-state index contributed by atoms with van der Waals surface area (Å²) < 4.78 is 34.4. The van der Waals surface area contributed by atoms with Gasteiger partial charge in [-0.1, -0.05) is 19.1 Å². The zero-order valence-electron chi connectivity index (χ0n) is 20.1. The Morgan fingerprint density at radius 1 is 1.24 bits per heavy atom. The molecule has 0 radical (unpaired) electrons. The van der Waals surface area contributed by atoms with Crippen molar-refractivity contribution in [2.75, 3.05) is 31.6 Å². The maximum absolute atomic E-state index is 13.3. The number of aromatic nitrogens is 1. The molecule has 0 bridgehead atoms. The van der Waals surface area contributed by atoms with Crippen LogP contribution >= 0.6 is 0 Å². The van der Waals surface area contributed by atoms with Gasteiger partial charge in [-0.2, -0.15) is 12.7 Å². The van der Waals surface area contributed by atoms with Crippen LogP contribution in [0.4, 0.5) is 5.82 Å². The number of pyridine rings is 1. The molecule has 2 aliphatic rings. The minimum atomic E-state index is -4.00. The first-order valence-electron chi connectivity index (χ1n) is 11.5. The molecule has 3 N–H and O–H groups in total. The molecular formula is C24H33N5O4S. The van der Waals surface area contributed by atoms with Crippen molar-refractivity contribution in [1.29, 1.82) is 0 Å². The Balaban J connectivity index is 1.73. The number of amides is 1. The fraction of sp³-hybridized carbons (Fsp3) is 0.500. The average Bonchev–Trinajstić information content (AvgIpc) is 3.35. The van der Waals surface area contributed by atoms with Gasteiger partial charge in [0.05, 0.1) is 18.4 Å². The number of carbonyl (C=O) groups excluding carboxylic acids is 1. The molecule has 2 saturated heterocycles. The molecule has 9 nitrogen and oxygen atoms in total. The van der Waals surface area contributed by atoms with Gasteiger partial charge in [0.2, 0.25) is 0 Å². The van der Waals surface area contributed by atoms with Crippen LogP contribution in [-0.4, -0.2) is 61.9 Å². The lowest BCUT2D eigenvalue weighted by Gasteiger charge is -2.34. The van der Waals surface area contributed by atoms with Gasteiger partial charge in [0.25, 0.3) is 5.91 Å². The summed E-state index contributed by atoms with van der Waals surface area (Å²) in [5, 5.41) is 0. The summed E-state index contributed by atoms with van der Waals surface area (Å²) in [4.78, 5) is 20.3. The molecule has 2 aliphatic heterocycles. The SMILES string of the molecule is COc1cccc(-c2ccc(C(=O)NS(=O)(=O)N3CC[C@H](N)C3)c(N3C[C@@H](C)CC3(C)C)n2)c1. The third-order valence-corrected chi connectivity index (χ3v) is 8.02. The van der Waals surface area contributed by atoms with Crippen molar-refractivity contribution in [1.82, 2.24) is 14.0 Å². The van der Waals surface area contributed by atoms with Crippen molar-refractivity contribution in [3.63, 3.8) is 0 Å². The van der Waals surface area contributed by atoms with Crippen LogP contribution in [0.2, 0.25) is 0 Å². The highest BCUT2D eigenvalue weighted by atomic mass is 32.2. The first-order valence-corrected chi connectivity index (χ1v) is 12.9. The molecule has 34 heavy (non-hydrogen) atoms. The average molecular weight is 488 g/mol. The number of ether oxygens (including phenoxy) is 1. The summed E-state index contributed by atoms with van der Waals surface area (Å²) in [6.45, 7) is 7.59. The van der Waals surface area contributed by atoms with Crippen LogP contribution in [0.15, 0.2) is 36.4 Å². The van der Waals surface area contributed by atoms with Crippen molar-refractivity contribution >= 4 is 21.9 Å². The van der Waals surface area contributed by atoms with E-state index in [2.05, 4.69) is 30.4 Å². The number of nitrogens with two attached hydrogens (primary N) is 1. The van der Waals surface area contributed by atoms with Crippen LogP contribution in [0.1, 0.15) is 44.0 Å². The predicted molar refractivity (Wildman–Crippen MR) is 132 cm³/mol. The molecule has 0 unspecified atom stereocenters. The minimum absolute atomic E-state index is 0.194. The maximum Gasteiger partial charge on any atom is 0.304 e. The molecule has 10 heteroatoms. The van der Waals surface area contributed by atoms with Crippen molar-refractivity contribution in [3.05, 3.63) is 42.0 Å². The lowest BCUT2D eigenvalue weighted by molar-refractivity contribution is 0.0979. The zero-order chi connectivity index (χ0) is 24.7. The Labute approximate surface area is 201 Å². The van der Waals surface area contributed by atoms with Crippen LogP contribution < -0.4 is 20.1 Å². The highest BCUT2D eigenvalue weighted by Crippen LogP contribution is 2.38. The number of carbonyl (C=O) groups is 1. The van der Waals surface area contributed by atoms with Gasteiger partial charge in [-0.05, 0) is 56.9 Å². The molecule has 0 aliphatic carbocycles. The second kappa shape index (κ2) is 9.16. The second-order valence-electron chi connectivity index (χ2n) is 9.87. The van der Waals surface area contributed by atoms with Crippen molar-refractivity contribution in [2.24, 2.45) is 11.7 Å². The number of rotatable bonds is 6. The van der Waals surface area contributed by atoms with Crippen LogP contribution in [0.5, 0.6) is 5.75 Å². The molecule has 1 aromatic heterocycles. The van der Waals surface area contributed by atoms with Crippen LogP contribution in [-0.2, 0) is 10.2 Å². The molecule has 2 atom stereocenters. The van der Waals surface area contributed by atoms with Gasteiger partial charge in [-0.25, -0.2) is 9.71 Å². The van der Waals surface area contributed by atoms with Gasteiger partial charge in [-0.15, -0.1) is 0 Å². The second-order valence-corrected chi connectivity index (χ2v) is 11.5. The number of anilines is 1. The molecule has 3 heterocycles. The van der Waals surface area contributed by atoms with Crippen molar-refractivity contribution < 1.29 is 17.9 Å². The van der Waals surface area contributed by atoms with Gasteiger partial charge in [0, 0.05) is 36.8 Å². The van der Waals surface area contributed by atoms with E-state index < -0.39 is 16.1 Å². The Hall–Kier alpha value is -2.69. The lowest BCUT2D eigenvalue weighted by atomic mass is 9.97. The van der Waals surface area contributed by atoms with Gasteiger partial charge in [0.15, 0.2) is 0 Å². The Kier molecular flexibility index (Phi) is 6.58. The number of methoxy groups -OCH3 is 1. The van der Waals surface area contributed by atoms with Gasteiger partial charge >= 0.3 is 10.2 Å². The summed E-state index contributed by atoms with van der Waals surface area (Å²) in [5.74, 6) is 0.881. The monoisotopic (exact) mass is 487 g/mol. The van der Waals surface area contributed by atoms with E-state index in [1.807, 2.05) is 24.3 Å². The first-order chi connectivity index (χ1) is 16.0. The van der Waals surface area contributed by atoms with E-state index in [9.17, 15) is 13.2 Å². The minimum Gasteiger partial charge on any atom is -0.497 e. The quantitative estimate of drug-likeness (QED) is 0.642. The third kappa shape index (κ3) is 4.89. The first kappa shape index (κ1) is 24.4. The standard InChI is InChI=1S/C24H33N5O4S/c1-16-13-24(2,3)29(14-16)22-20(23(30)27-34(31,32)28-11-10-18(25)15-28)8-9-21(26-22)17-6-5-7-19(12-17)33-4/h5-9,12,16,18H,10-11,13-15,25H2,1-4H3,(H,27,30)/t16-,18-/m0/s1. The summed E-state index contributed by atoms with van der Waals surface area (Å²) in [5.41, 5.74) is 7.36. The van der Waals surface area contributed by atoms with Gasteiger partial charge in [0.1, 0.15) is 11.6 Å². The molecule has 1 amide bonds. The molecule has 2 fully saturated rings. The number of hydrogen-bond donors (Lipinski definition) is 2. The van der Waals surface area contributed by atoms with Crippen LogP contribution in [0.3, 0.4) is 0 Å². The van der Waals surface area contributed by atoms with E-state index in [1.165, 1.54) is 4.31 Å². The molecule has 0 saturated carbocycles. The molecule has 2 aromatic rings. The third-order valence-electron chi connectivity index (χ3n) is 6.56. The van der Waals surface area contributed by atoms with E-state index in [-0.39, 0.29) is 23.7 Å². The van der Waals surface area contributed by atoms with E-state index in [1.54, 1.807) is 19.2 Å². The van der Waals surface area contributed by atoms with E-state index in [0.29, 0.717) is 36.1 Å². The lowest BCUT2D eigenvalue weighted by Crippen LogP contribution is -2.44. The largest absolute Gasteiger partial charge is 0.497 e. The number of benzene rings is 1. The zero-order valence-corrected chi connectivity index (χ0v) is 20.9. The fourth-order valence-corrected chi connectivity index (χ4v) is 6.15. The van der Waals surface area contributed by atoms with Crippen molar-refractivity contribution in [3.8, 4) is 17.0 Å². The summed E-state index contributed by atoms with van der Waals surface area (Å²) in [6, 6.07) is 10.7. The number of hydrogen-bond acceptors (Lipinski definition) is 7. The molecule has 0 spiro atoms. The number of nitrogens with one attached hydrogen (secondary N) is 1. The summed E-state index contributed by atoms with van der Waals surface area (Å²) in [7, 11) is -2.40. The van der Waals surface area contributed by atoms with E-state index in [0.717, 1.165) is 18.5 Å². The number of nitrogens with zero attached hydrogens (tertiary/aromatic N) is 3. The highest BCUT2D eigenvalue weighted by Gasteiger charge is 2.39. The topological polar surface area (TPSA) is 118 Å². The Morgan fingerprint density at radius 3 is 2.62 bits per heavy atom. The normalized spacial score (nSPS) is 22.7. The van der Waals surface area contributed by atoms with Crippen LogP contribution in [0.25, 0.3) is 11.3 Å². The smallest absolute Gasteiger partial charge is 0.304 e. The molecule has 184 valence electrons. The van der Waals surface area contributed by atoms with Gasteiger partial charge in [-0.3, -0.25) is 4.79 Å². The highest BCUT2D eigenvalue weighted by molar-refractivity contribution is 7.87. The van der Waals surface area contributed by atoms with E-state index >= 15 is 0 Å². The van der Waals surface area contributed by atoms with Crippen molar-refractivity contribution in [2.45, 2.75) is 45.2 Å². The maximum atomic E-state index is 13.3. The van der Waals surface area contributed by atoms with E-state index in [4.69, 9.17) is 15.5 Å². The molecule has 1 aromatic carbocycles. The van der Waals surface area contributed by atoms with Crippen LogP contribution in [0, 0.1) is 5.92 Å².